The fraction of sp³-hybridized carbons (Fsp3) is 0.133. The third kappa shape index (κ3) is 2.74. The Kier molecular flexibility index (Phi) is 3.44. The van der Waals surface area contributed by atoms with E-state index in [0.29, 0.717) is 0 Å². The molecule has 0 fully saturated rings. The summed E-state index contributed by atoms with van der Waals surface area (Å²) >= 11 is 3.56. The van der Waals surface area contributed by atoms with Gasteiger partial charge in [0, 0.05) is 10.6 Å². The first-order valence-corrected chi connectivity index (χ1v) is 7.86. The number of thiazole rings is 1. The molecule has 1 heterocycles. The first-order valence-electron chi connectivity index (χ1n) is 6.06. The maximum absolute atomic E-state index is 5.83. The molecule has 0 aliphatic carbocycles. The second-order valence-corrected chi connectivity index (χ2v) is 6.52. The molecule has 0 unspecified atom stereocenters. The number of nitrogen functional groups attached to an aromatic ring is 1. The summed E-state index contributed by atoms with van der Waals surface area (Å²) in [5.74, 6) is 0.893. The van der Waals surface area contributed by atoms with Crippen molar-refractivity contribution in [1.82, 2.24) is 4.98 Å². The molecular weight excluding hydrogens is 272 g/mol. The van der Waals surface area contributed by atoms with Crippen LogP contribution >= 0.6 is 23.1 Å². The molecule has 0 spiro atoms. The lowest BCUT2D eigenvalue weighted by atomic mass is 10.2. The zero-order chi connectivity index (χ0) is 13.2. The molecule has 2 aromatic carbocycles. The van der Waals surface area contributed by atoms with E-state index >= 15 is 0 Å². The van der Waals surface area contributed by atoms with Gasteiger partial charge in [0.25, 0.3) is 0 Å². The van der Waals surface area contributed by atoms with E-state index in [-0.39, 0.29) is 0 Å². The highest BCUT2D eigenvalue weighted by Crippen LogP contribution is 2.30. The predicted octanol–water partition coefficient (Wildman–Crippen LogP) is 4.48. The lowest BCUT2D eigenvalue weighted by Crippen LogP contribution is -1.87. The van der Waals surface area contributed by atoms with Gasteiger partial charge in [-0.3, -0.25) is 0 Å². The second-order valence-electron chi connectivity index (χ2n) is 4.39. The Morgan fingerprint density at radius 3 is 2.89 bits per heavy atom. The number of fused-ring (bicyclic) bond motifs is 1. The number of thioether (sulfide) groups is 1. The molecule has 1 aromatic heterocycles. The minimum atomic E-state index is 0.817. The van der Waals surface area contributed by atoms with Gasteiger partial charge in [-0.15, -0.1) is 23.1 Å². The van der Waals surface area contributed by atoms with Crippen LogP contribution in [0.3, 0.4) is 0 Å². The van der Waals surface area contributed by atoms with Crippen LogP contribution in [0.1, 0.15) is 10.6 Å². The maximum Gasteiger partial charge on any atom is 0.104 e. The average molecular weight is 286 g/mol. The van der Waals surface area contributed by atoms with Crippen LogP contribution in [0, 0.1) is 6.92 Å². The number of benzene rings is 2. The Bertz CT molecular complexity index is 686. The normalized spacial score (nSPS) is 11.0. The molecule has 96 valence electrons. The van der Waals surface area contributed by atoms with Crippen LogP contribution in [0.4, 0.5) is 5.69 Å². The van der Waals surface area contributed by atoms with E-state index < -0.39 is 0 Å². The molecule has 2 N–H and O–H groups in total. The molecule has 0 radical (unpaired) electrons. The van der Waals surface area contributed by atoms with Crippen molar-refractivity contribution in [2.24, 2.45) is 0 Å². The van der Waals surface area contributed by atoms with Gasteiger partial charge in [-0.1, -0.05) is 18.2 Å². The van der Waals surface area contributed by atoms with Crippen LogP contribution in [-0.2, 0) is 5.75 Å². The molecule has 0 aliphatic heterocycles. The van der Waals surface area contributed by atoms with Crippen LogP contribution in [0.25, 0.3) is 10.2 Å². The highest BCUT2D eigenvalue weighted by molar-refractivity contribution is 7.98. The number of hydrogen-bond donors (Lipinski definition) is 1. The summed E-state index contributed by atoms with van der Waals surface area (Å²) in [6, 6.07) is 14.3. The molecule has 3 rings (SSSR count). The monoisotopic (exact) mass is 286 g/mol. The maximum atomic E-state index is 5.83. The largest absolute Gasteiger partial charge is 0.399 e. The number of aryl methyl sites for hydroxylation is 1. The van der Waals surface area contributed by atoms with Gasteiger partial charge in [0.15, 0.2) is 0 Å². The van der Waals surface area contributed by atoms with Gasteiger partial charge in [0.05, 0.1) is 16.0 Å². The van der Waals surface area contributed by atoms with Crippen molar-refractivity contribution in [2.75, 3.05) is 5.73 Å². The molecule has 0 saturated heterocycles. The molecule has 2 nitrogen and oxygen atoms in total. The summed E-state index contributed by atoms with van der Waals surface area (Å²) < 4.78 is 1.25. The highest BCUT2D eigenvalue weighted by Gasteiger charge is 2.05. The lowest BCUT2D eigenvalue weighted by Gasteiger charge is -2.05. The van der Waals surface area contributed by atoms with E-state index in [1.807, 2.05) is 18.2 Å². The van der Waals surface area contributed by atoms with Crippen molar-refractivity contribution in [3.8, 4) is 0 Å². The molecule has 0 amide bonds. The molecule has 19 heavy (non-hydrogen) atoms. The van der Waals surface area contributed by atoms with Crippen LogP contribution in [0.15, 0.2) is 47.4 Å². The number of hydrogen-bond acceptors (Lipinski definition) is 4. The summed E-state index contributed by atoms with van der Waals surface area (Å²) in [6.07, 6.45) is 0. The quantitative estimate of drug-likeness (QED) is 0.570. The summed E-state index contributed by atoms with van der Waals surface area (Å²) in [6.45, 7) is 2.11. The van der Waals surface area contributed by atoms with Gasteiger partial charge in [-0.2, -0.15) is 0 Å². The molecule has 0 aliphatic rings. The van der Waals surface area contributed by atoms with Crippen molar-refractivity contribution < 1.29 is 0 Å². The Hall–Kier alpha value is -1.52. The summed E-state index contributed by atoms with van der Waals surface area (Å²) in [5.41, 5.74) is 9.00. The van der Waals surface area contributed by atoms with Crippen molar-refractivity contribution in [3.63, 3.8) is 0 Å². The number of nitrogens with zero attached hydrogens (tertiary/aromatic N) is 1. The molecule has 0 atom stereocenters. The van der Waals surface area contributed by atoms with E-state index in [4.69, 9.17) is 5.73 Å². The summed E-state index contributed by atoms with van der Waals surface area (Å²) in [4.78, 5) is 5.88. The predicted molar refractivity (Wildman–Crippen MR) is 84.8 cm³/mol. The third-order valence-electron chi connectivity index (χ3n) is 2.90. The van der Waals surface area contributed by atoms with E-state index in [2.05, 4.69) is 36.2 Å². The van der Waals surface area contributed by atoms with Crippen molar-refractivity contribution in [3.05, 3.63) is 53.0 Å². The van der Waals surface area contributed by atoms with Gasteiger partial charge in [0.1, 0.15) is 5.01 Å². The van der Waals surface area contributed by atoms with E-state index in [1.54, 1.807) is 23.1 Å². The van der Waals surface area contributed by atoms with Crippen LogP contribution in [0.5, 0.6) is 0 Å². The van der Waals surface area contributed by atoms with Crippen LogP contribution < -0.4 is 5.73 Å². The van der Waals surface area contributed by atoms with Crippen LogP contribution in [-0.4, -0.2) is 4.98 Å². The van der Waals surface area contributed by atoms with E-state index in [0.717, 1.165) is 22.0 Å². The molecule has 0 bridgehead atoms. The molecular formula is C15H14N2S2. The first-order chi connectivity index (χ1) is 9.22. The topological polar surface area (TPSA) is 38.9 Å². The number of aromatic nitrogens is 1. The summed E-state index contributed by atoms with van der Waals surface area (Å²) in [7, 11) is 0. The van der Waals surface area contributed by atoms with Crippen molar-refractivity contribution in [2.45, 2.75) is 17.6 Å². The van der Waals surface area contributed by atoms with E-state index in [1.165, 1.54) is 15.2 Å². The SMILES string of the molecule is Cc1ccc(N)cc1SCc1nc2ccccc2s1. The Balaban J connectivity index is 1.80. The number of para-hydroxylation sites is 1. The highest BCUT2D eigenvalue weighted by atomic mass is 32.2. The standard InChI is InChI=1S/C15H14N2S2/c1-10-6-7-11(16)8-14(10)18-9-15-17-12-4-2-3-5-13(12)19-15/h2-8H,9,16H2,1H3. The second kappa shape index (κ2) is 5.23. The number of nitrogens with two attached hydrogens (primary N) is 1. The Morgan fingerprint density at radius 1 is 1.21 bits per heavy atom. The van der Waals surface area contributed by atoms with Gasteiger partial charge in [-0.05, 0) is 36.8 Å². The molecule has 4 heteroatoms. The fourth-order valence-corrected chi connectivity index (χ4v) is 3.93. The number of rotatable bonds is 3. The van der Waals surface area contributed by atoms with Gasteiger partial charge < -0.3 is 5.73 Å². The van der Waals surface area contributed by atoms with Crippen molar-refractivity contribution in [1.29, 1.82) is 0 Å². The third-order valence-corrected chi connectivity index (χ3v) is 5.29. The fourth-order valence-electron chi connectivity index (χ4n) is 1.89. The smallest absolute Gasteiger partial charge is 0.104 e. The minimum absolute atomic E-state index is 0.817. The van der Waals surface area contributed by atoms with Gasteiger partial charge in [0.2, 0.25) is 0 Å². The average Bonchev–Trinajstić information content (AvgIpc) is 2.82. The van der Waals surface area contributed by atoms with E-state index in [9.17, 15) is 0 Å². The minimum Gasteiger partial charge on any atom is -0.399 e. The summed E-state index contributed by atoms with van der Waals surface area (Å²) in [5, 5.41) is 1.16. The molecule has 3 aromatic rings. The van der Waals surface area contributed by atoms with Gasteiger partial charge >= 0.3 is 0 Å². The van der Waals surface area contributed by atoms with Crippen LogP contribution in [0.2, 0.25) is 0 Å². The zero-order valence-electron chi connectivity index (χ0n) is 10.6. The van der Waals surface area contributed by atoms with Gasteiger partial charge in [-0.25, -0.2) is 4.98 Å². The number of anilines is 1. The zero-order valence-corrected chi connectivity index (χ0v) is 12.2. The first kappa shape index (κ1) is 12.5. The Morgan fingerprint density at radius 2 is 2.05 bits per heavy atom. The van der Waals surface area contributed by atoms with Crippen molar-refractivity contribution >= 4 is 39.0 Å². The molecule has 0 saturated carbocycles. The lowest BCUT2D eigenvalue weighted by molar-refractivity contribution is 1.27. The Labute approximate surface area is 120 Å².